The number of sulfonamides is 2. The van der Waals surface area contributed by atoms with Crippen molar-refractivity contribution >= 4 is 43.2 Å². The quantitative estimate of drug-likeness (QED) is 0.250. The molecule has 2 N–H and O–H groups in total. The van der Waals surface area contributed by atoms with Crippen molar-refractivity contribution in [3.8, 4) is 0 Å². The van der Waals surface area contributed by atoms with Crippen molar-refractivity contribution in [3.63, 3.8) is 0 Å². The second-order valence-electron chi connectivity index (χ2n) is 7.49. The van der Waals surface area contributed by atoms with Gasteiger partial charge in [0, 0.05) is 13.1 Å². The highest BCUT2D eigenvalue weighted by Crippen LogP contribution is 2.37. The fourth-order valence-electron chi connectivity index (χ4n) is 2.96. The molecule has 0 heterocycles. The fraction of sp³-hybridized carbons (Fsp3) is 0.400. The normalized spacial score (nSPS) is 13.2. The van der Waals surface area contributed by atoms with Gasteiger partial charge in [0.25, 0.3) is 0 Å². The van der Waals surface area contributed by atoms with E-state index in [0.717, 1.165) is 24.3 Å². The Bertz CT molecular complexity index is 1180. The average Bonchev–Trinajstić information content (AvgIpc) is 2.74. The summed E-state index contributed by atoms with van der Waals surface area (Å²) in [5.74, 6) is 0. The third-order valence-corrected chi connectivity index (χ3v) is 8.37. The molecule has 16 heteroatoms. The van der Waals surface area contributed by atoms with E-state index in [1.165, 1.54) is 0 Å². The third kappa shape index (κ3) is 8.48. The van der Waals surface area contributed by atoms with E-state index >= 15 is 0 Å². The fourth-order valence-corrected chi connectivity index (χ4v) is 5.61. The predicted molar refractivity (Wildman–Crippen MR) is 122 cm³/mol. The molecule has 6 nitrogen and oxygen atoms in total. The summed E-state index contributed by atoms with van der Waals surface area (Å²) in [4.78, 5) is -1.19. The maximum absolute atomic E-state index is 12.9. The summed E-state index contributed by atoms with van der Waals surface area (Å²) in [6, 6.07) is 4.46. The first kappa shape index (κ1) is 30.6. The summed E-state index contributed by atoms with van der Waals surface area (Å²) < 4.78 is 131. The smallest absolute Gasteiger partial charge is 0.211 e. The summed E-state index contributed by atoms with van der Waals surface area (Å²) >= 11 is 11.0. The van der Waals surface area contributed by atoms with Crippen LogP contribution in [0.1, 0.15) is 36.8 Å². The van der Waals surface area contributed by atoms with Crippen molar-refractivity contribution in [3.05, 3.63) is 57.6 Å². The van der Waals surface area contributed by atoms with Gasteiger partial charge in [-0.2, -0.15) is 26.3 Å². The standard InChI is InChI=1S/C20H20Cl2F6N2O4S2/c21-17-7-5-13(11-15(17)19(23,24)25)35(31,32)29-9-3-1-2-4-10-30-36(33,34)14-6-8-18(22)16(12-14)20(26,27)28/h5-8,11-12,29-30H,1-4,9-10H2. The zero-order chi connectivity index (χ0) is 27.4. The van der Waals surface area contributed by atoms with Crippen LogP contribution in [0.2, 0.25) is 10.0 Å². The summed E-state index contributed by atoms with van der Waals surface area (Å²) in [7, 11) is -8.43. The molecular formula is C20H20Cl2F6N2O4S2. The Kier molecular flexibility index (Phi) is 10.1. The van der Waals surface area contributed by atoms with E-state index in [2.05, 4.69) is 9.44 Å². The van der Waals surface area contributed by atoms with Crippen LogP contribution < -0.4 is 9.44 Å². The molecule has 0 aliphatic heterocycles. The molecule has 0 aromatic heterocycles. The molecule has 2 rings (SSSR count). The first-order valence-corrected chi connectivity index (χ1v) is 13.9. The highest BCUT2D eigenvalue weighted by molar-refractivity contribution is 7.89. The van der Waals surface area contributed by atoms with Crippen LogP contribution in [0, 0.1) is 0 Å². The average molecular weight is 601 g/mol. The second kappa shape index (κ2) is 11.9. The van der Waals surface area contributed by atoms with Gasteiger partial charge in [0.2, 0.25) is 20.0 Å². The van der Waals surface area contributed by atoms with Crippen LogP contribution in [-0.2, 0) is 32.4 Å². The van der Waals surface area contributed by atoms with Crippen LogP contribution in [0.5, 0.6) is 0 Å². The largest absolute Gasteiger partial charge is 0.417 e. The Morgan fingerprint density at radius 1 is 0.611 bits per heavy atom. The monoisotopic (exact) mass is 600 g/mol. The maximum atomic E-state index is 12.9. The van der Waals surface area contributed by atoms with E-state index in [1.807, 2.05) is 0 Å². The molecule has 202 valence electrons. The number of hydrogen-bond donors (Lipinski definition) is 2. The van der Waals surface area contributed by atoms with Crippen molar-refractivity contribution < 1.29 is 43.2 Å². The molecule has 0 aliphatic carbocycles. The third-order valence-electron chi connectivity index (χ3n) is 4.79. The summed E-state index contributed by atoms with van der Waals surface area (Å²) in [6.07, 6.45) is -8.15. The van der Waals surface area contributed by atoms with Crippen molar-refractivity contribution in [2.45, 2.75) is 47.8 Å². The molecule has 0 spiro atoms. The highest BCUT2D eigenvalue weighted by atomic mass is 35.5. The molecule has 0 radical (unpaired) electrons. The lowest BCUT2D eigenvalue weighted by Crippen LogP contribution is -2.26. The molecule has 2 aromatic carbocycles. The minimum Gasteiger partial charge on any atom is -0.211 e. The van der Waals surface area contributed by atoms with Gasteiger partial charge in [-0.15, -0.1) is 0 Å². The topological polar surface area (TPSA) is 92.3 Å². The van der Waals surface area contributed by atoms with Gasteiger partial charge in [0.1, 0.15) is 0 Å². The van der Waals surface area contributed by atoms with Crippen molar-refractivity contribution in [1.29, 1.82) is 0 Å². The van der Waals surface area contributed by atoms with Crippen molar-refractivity contribution in [2.24, 2.45) is 0 Å². The van der Waals surface area contributed by atoms with E-state index in [4.69, 9.17) is 23.2 Å². The SMILES string of the molecule is O=S(=O)(NCCCCCCNS(=O)(=O)c1ccc(Cl)c(C(F)(F)F)c1)c1ccc(Cl)c(C(F)(F)F)c1. The van der Waals surface area contributed by atoms with Gasteiger partial charge in [0.05, 0.1) is 31.0 Å². The van der Waals surface area contributed by atoms with Crippen LogP contribution >= 0.6 is 23.2 Å². The number of rotatable bonds is 11. The van der Waals surface area contributed by atoms with E-state index in [9.17, 15) is 43.2 Å². The van der Waals surface area contributed by atoms with Crippen LogP contribution in [0.15, 0.2) is 46.2 Å². The van der Waals surface area contributed by atoms with Crippen LogP contribution in [0.4, 0.5) is 26.3 Å². The van der Waals surface area contributed by atoms with E-state index in [-0.39, 0.29) is 13.1 Å². The second-order valence-corrected chi connectivity index (χ2v) is 11.8. The molecule has 0 atom stereocenters. The highest BCUT2D eigenvalue weighted by Gasteiger charge is 2.35. The molecule has 0 saturated heterocycles. The number of halogens is 8. The first-order valence-electron chi connectivity index (χ1n) is 10.2. The molecule has 36 heavy (non-hydrogen) atoms. The Morgan fingerprint density at radius 3 is 1.25 bits per heavy atom. The Morgan fingerprint density at radius 2 is 0.944 bits per heavy atom. The van der Waals surface area contributed by atoms with Gasteiger partial charge in [-0.3, -0.25) is 0 Å². The predicted octanol–water partition coefficient (Wildman–Crippen LogP) is 5.85. The van der Waals surface area contributed by atoms with Gasteiger partial charge >= 0.3 is 12.4 Å². The molecule has 2 aromatic rings. The Hall–Kier alpha value is -1.58. The lowest BCUT2D eigenvalue weighted by Gasteiger charge is -2.12. The summed E-state index contributed by atoms with van der Waals surface area (Å²) in [6.45, 7) is -0.161. The number of benzene rings is 2. The lowest BCUT2D eigenvalue weighted by molar-refractivity contribution is -0.138. The van der Waals surface area contributed by atoms with Crippen LogP contribution in [0.3, 0.4) is 0 Å². The first-order chi connectivity index (χ1) is 16.4. The van der Waals surface area contributed by atoms with E-state index < -0.39 is 63.4 Å². The zero-order valence-electron chi connectivity index (χ0n) is 18.2. The van der Waals surface area contributed by atoms with Crippen LogP contribution in [-0.4, -0.2) is 29.9 Å². The Balaban J connectivity index is 1.79. The molecule has 0 aliphatic rings. The maximum Gasteiger partial charge on any atom is 0.417 e. The van der Waals surface area contributed by atoms with Crippen LogP contribution in [0.25, 0.3) is 0 Å². The van der Waals surface area contributed by atoms with Gasteiger partial charge in [0.15, 0.2) is 0 Å². The number of hydrogen-bond acceptors (Lipinski definition) is 4. The number of unbranched alkanes of at least 4 members (excludes halogenated alkanes) is 3. The zero-order valence-corrected chi connectivity index (χ0v) is 21.3. The van der Waals surface area contributed by atoms with Gasteiger partial charge in [-0.05, 0) is 49.2 Å². The molecule has 0 amide bonds. The summed E-state index contributed by atoms with van der Waals surface area (Å²) in [5.41, 5.74) is -2.55. The molecule has 0 fully saturated rings. The van der Waals surface area contributed by atoms with Crippen molar-refractivity contribution in [1.82, 2.24) is 9.44 Å². The summed E-state index contributed by atoms with van der Waals surface area (Å²) in [5, 5.41) is -1.26. The van der Waals surface area contributed by atoms with E-state index in [1.54, 1.807) is 0 Å². The van der Waals surface area contributed by atoms with Crippen molar-refractivity contribution in [2.75, 3.05) is 13.1 Å². The molecule has 0 unspecified atom stereocenters. The van der Waals surface area contributed by atoms with Gasteiger partial charge < -0.3 is 0 Å². The Labute approximate surface area is 214 Å². The molecule has 0 bridgehead atoms. The number of nitrogens with one attached hydrogen (secondary N) is 2. The number of alkyl halides is 6. The minimum atomic E-state index is -4.82. The van der Waals surface area contributed by atoms with E-state index in [0.29, 0.717) is 37.8 Å². The van der Waals surface area contributed by atoms with Gasteiger partial charge in [-0.25, -0.2) is 26.3 Å². The lowest BCUT2D eigenvalue weighted by atomic mass is 10.2. The molecule has 0 saturated carbocycles. The van der Waals surface area contributed by atoms with Gasteiger partial charge in [-0.1, -0.05) is 36.0 Å². The minimum absolute atomic E-state index is 0.0803. The molecular weight excluding hydrogens is 581 g/mol.